The monoisotopic (exact) mass is 400 g/mol. The second kappa shape index (κ2) is 5.58. The molecule has 3 rings (SSSR count). The zero-order valence-corrected chi connectivity index (χ0v) is 14.6. The van der Waals surface area contributed by atoms with Gasteiger partial charge in [0.2, 0.25) is 0 Å². The number of rotatable bonds is 3. The number of aryl methyl sites for hydroxylation is 2. The van der Waals surface area contributed by atoms with E-state index in [1.165, 1.54) is 29.7 Å². The van der Waals surface area contributed by atoms with Crippen LogP contribution in [-0.2, 0) is 12.8 Å². The summed E-state index contributed by atoms with van der Waals surface area (Å²) in [5, 5.41) is 0. The first kappa shape index (κ1) is 13.7. The van der Waals surface area contributed by atoms with Crippen LogP contribution in [0.25, 0.3) is 0 Å². The molecule has 0 radical (unpaired) electrons. The maximum absolute atomic E-state index is 5.28. The maximum Gasteiger partial charge on any atom is 0.133 e. The minimum absolute atomic E-state index is 0.269. The van der Waals surface area contributed by atoms with E-state index in [0.717, 1.165) is 10.2 Å². The molecule has 0 spiro atoms. The van der Waals surface area contributed by atoms with E-state index in [1.54, 1.807) is 17.6 Å². The third-order valence-corrected chi connectivity index (χ3v) is 6.73. The molecular formula is C15H14Br2OS. The van der Waals surface area contributed by atoms with Gasteiger partial charge in [-0.15, -0.1) is 11.3 Å². The van der Waals surface area contributed by atoms with Crippen LogP contribution in [-0.4, -0.2) is 7.11 Å². The highest BCUT2D eigenvalue weighted by Crippen LogP contribution is 2.41. The molecule has 0 saturated heterocycles. The summed E-state index contributed by atoms with van der Waals surface area (Å²) in [6.07, 6.45) is 3.83. The molecule has 0 amide bonds. The van der Waals surface area contributed by atoms with E-state index in [4.69, 9.17) is 4.74 Å². The van der Waals surface area contributed by atoms with Crippen molar-refractivity contribution in [2.75, 3.05) is 7.11 Å². The van der Waals surface area contributed by atoms with Crippen molar-refractivity contribution in [3.05, 3.63) is 49.6 Å². The van der Waals surface area contributed by atoms with Gasteiger partial charge in [-0.05, 0) is 64.5 Å². The van der Waals surface area contributed by atoms with Crippen molar-refractivity contribution in [3.8, 4) is 5.75 Å². The highest BCUT2D eigenvalue weighted by molar-refractivity contribution is 9.10. The number of benzene rings is 1. The Kier molecular flexibility index (Phi) is 4.01. The van der Waals surface area contributed by atoms with Gasteiger partial charge in [-0.3, -0.25) is 0 Å². The van der Waals surface area contributed by atoms with Crippen LogP contribution in [0.1, 0.15) is 32.1 Å². The lowest BCUT2D eigenvalue weighted by Crippen LogP contribution is -1.92. The van der Waals surface area contributed by atoms with Gasteiger partial charge in [0.05, 0.1) is 16.4 Å². The van der Waals surface area contributed by atoms with E-state index in [2.05, 4.69) is 50.1 Å². The SMILES string of the molecule is COc1ccc(C(Br)c2cc3c(s2)CCC3)cc1Br. The summed E-state index contributed by atoms with van der Waals surface area (Å²) in [7, 11) is 1.69. The molecule has 1 aromatic heterocycles. The number of hydrogen-bond acceptors (Lipinski definition) is 2. The summed E-state index contributed by atoms with van der Waals surface area (Å²) < 4.78 is 6.28. The van der Waals surface area contributed by atoms with Crippen LogP contribution in [0.2, 0.25) is 0 Å². The number of hydrogen-bond donors (Lipinski definition) is 0. The van der Waals surface area contributed by atoms with Crippen LogP contribution < -0.4 is 4.74 Å². The second-order valence-electron chi connectivity index (χ2n) is 4.71. The molecule has 2 aromatic rings. The van der Waals surface area contributed by atoms with E-state index in [9.17, 15) is 0 Å². The van der Waals surface area contributed by atoms with E-state index in [1.807, 2.05) is 17.4 Å². The largest absolute Gasteiger partial charge is 0.496 e. The van der Waals surface area contributed by atoms with Gasteiger partial charge < -0.3 is 4.74 Å². The van der Waals surface area contributed by atoms with Gasteiger partial charge in [-0.2, -0.15) is 0 Å². The number of alkyl halides is 1. The molecule has 1 aliphatic rings. The minimum Gasteiger partial charge on any atom is -0.496 e. The fourth-order valence-electron chi connectivity index (χ4n) is 2.48. The number of thiophene rings is 1. The standard InChI is InChI=1S/C15H14Br2OS/c1-18-12-6-5-10(7-11(12)16)15(17)14-8-9-3-2-4-13(9)19-14/h5-8,15H,2-4H2,1H3. The van der Waals surface area contributed by atoms with E-state index in [-0.39, 0.29) is 4.83 Å². The summed E-state index contributed by atoms with van der Waals surface area (Å²) in [4.78, 5) is 3.25. The van der Waals surface area contributed by atoms with Crippen molar-refractivity contribution in [2.45, 2.75) is 24.1 Å². The van der Waals surface area contributed by atoms with Crippen LogP contribution in [0, 0.1) is 0 Å². The highest BCUT2D eigenvalue weighted by atomic mass is 79.9. The Morgan fingerprint density at radius 1 is 1.26 bits per heavy atom. The predicted octanol–water partition coefficient (Wildman–Crippen LogP) is 5.49. The maximum atomic E-state index is 5.28. The van der Waals surface area contributed by atoms with Crippen LogP contribution in [0.15, 0.2) is 28.7 Å². The molecule has 4 heteroatoms. The van der Waals surface area contributed by atoms with Gasteiger partial charge in [-0.25, -0.2) is 0 Å². The second-order valence-corrected chi connectivity index (χ2v) is 7.65. The lowest BCUT2D eigenvalue weighted by molar-refractivity contribution is 0.412. The molecule has 1 aromatic carbocycles. The van der Waals surface area contributed by atoms with Crippen molar-refractivity contribution in [2.24, 2.45) is 0 Å². The fraction of sp³-hybridized carbons (Fsp3) is 0.333. The van der Waals surface area contributed by atoms with Gasteiger partial charge in [0.25, 0.3) is 0 Å². The number of ether oxygens (including phenoxy) is 1. The fourth-order valence-corrected chi connectivity index (χ4v) is 5.00. The summed E-state index contributed by atoms with van der Waals surface area (Å²) in [6.45, 7) is 0. The molecule has 0 fully saturated rings. The molecule has 0 bridgehead atoms. The zero-order valence-electron chi connectivity index (χ0n) is 10.6. The van der Waals surface area contributed by atoms with E-state index in [0.29, 0.717) is 0 Å². The average molecular weight is 402 g/mol. The molecular weight excluding hydrogens is 388 g/mol. The van der Waals surface area contributed by atoms with Crippen molar-refractivity contribution < 1.29 is 4.74 Å². The third kappa shape index (κ3) is 2.63. The Morgan fingerprint density at radius 2 is 2.11 bits per heavy atom. The molecule has 1 atom stereocenters. The molecule has 0 saturated carbocycles. The van der Waals surface area contributed by atoms with Crippen LogP contribution >= 0.6 is 43.2 Å². The van der Waals surface area contributed by atoms with Gasteiger partial charge in [0.15, 0.2) is 0 Å². The number of methoxy groups -OCH3 is 1. The Hall–Kier alpha value is -0.320. The Labute approximate surface area is 134 Å². The molecule has 100 valence electrons. The van der Waals surface area contributed by atoms with Crippen LogP contribution in [0.4, 0.5) is 0 Å². The Bertz CT molecular complexity index is 585. The van der Waals surface area contributed by atoms with Gasteiger partial charge in [-0.1, -0.05) is 22.0 Å². The number of halogens is 2. The lowest BCUT2D eigenvalue weighted by Gasteiger charge is -2.11. The van der Waals surface area contributed by atoms with Gasteiger partial charge in [0, 0.05) is 9.75 Å². The first-order valence-electron chi connectivity index (χ1n) is 6.28. The molecule has 1 unspecified atom stereocenters. The normalized spacial score (nSPS) is 15.3. The highest BCUT2D eigenvalue weighted by Gasteiger charge is 2.20. The molecule has 1 heterocycles. The molecule has 1 nitrogen and oxygen atoms in total. The smallest absolute Gasteiger partial charge is 0.133 e. The summed E-state index contributed by atoms with van der Waals surface area (Å²) in [5.74, 6) is 0.872. The van der Waals surface area contributed by atoms with Crippen molar-refractivity contribution >= 4 is 43.2 Å². The van der Waals surface area contributed by atoms with Crippen LogP contribution in [0.3, 0.4) is 0 Å². The minimum atomic E-state index is 0.269. The predicted molar refractivity (Wildman–Crippen MR) is 87.8 cm³/mol. The quantitative estimate of drug-likeness (QED) is 0.617. The van der Waals surface area contributed by atoms with Crippen molar-refractivity contribution in [1.29, 1.82) is 0 Å². The van der Waals surface area contributed by atoms with Crippen molar-refractivity contribution in [3.63, 3.8) is 0 Å². The molecule has 0 N–H and O–H groups in total. The summed E-state index contributed by atoms with van der Waals surface area (Å²) in [5.41, 5.74) is 2.81. The first-order chi connectivity index (χ1) is 9.19. The van der Waals surface area contributed by atoms with Gasteiger partial charge in [0.1, 0.15) is 5.75 Å². The Morgan fingerprint density at radius 3 is 2.79 bits per heavy atom. The van der Waals surface area contributed by atoms with Crippen molar-refractivity contribution in [1.82, 2.24) is 0 Å². The molecule has 1 aliphatic carbocycles. The summed E-state index contributed by atoms with van der Waals surface area (Å²) in [6, 6.07) is 8.62. The van der Waals surface area contributed by atoms with Gasteiger partial charge >= 0.3 is 0 Å². The van der Waals surface area contributed by atoms with E-state index < -0.39 is 0 Å². The molecule has 19 heavy (non-hydrogen) atoms. The lowest BCUT2D eigenvalue weighted by atomic mass is 10.1. The zero-order chi connectivity index (χ0) is 13.4. The Balaban J connectivity index is 1.90. The third-order valence-electron chi connectivity index (χ3n) is 3.48. The van der Waals surface area contributed by atoms with Crippen LogP contribution in [0.5, 0.6) is 5.75 Å². The first-order valence-corrected chi connectivity index (χ1v) is 8.80. The summed E-state index contributed by atoms with van der Waals surface area (Å²) >= 11 is 9.32. The number of fused-ring (bicyclic) bond motifs is 1. The average Bonchev–Trinajstić information content (AvgIpc) is 2.98. The molecule has 0 aliphatic heterocycles. The topological polar surface area (TPSA) is 9.23 Å². The van der Waals surface area contributed by atoms with E-state index >= 15 is 0 Å².